The first kappa shape index (κ1) is 12.9. The number of likely N-dealkylation sites (N-methyl/N-ethyl adjacent to an activating group) is 1. The number of fused-ring (bicyclic) bond motifs is 1. The van der Waals surface area contributed by atoms with Crippen molar-refractivity contribution in [3.8, 4) is 0 Å². The summed E-state index contributed by atoms with van der Waals surface area (Å²) in [5.74, 6) is 0.667. The highest BCUT2D eigenvalue weighted by Crippen LogP contribution is 2.21. The van der Waals surface area contributed by atoms with Crippen LogP contribution in [0.1, 0.15) is 12.8 Å². The monoisotopic (exact) mass is 275 g/mol. The van der Waals surface area contributed by atoms with Crippen molar-refractivity contribution in [3.63, 3.8) is 0 Å². The molecule has 0 aliphatic carbocycles. The zero-order valence-corrected chi connectivity index (χ0v) is 11.3. The molecule has 1 unspecified atom stereocenters. The van der Waals surface area contributed by atoms with Gasteiger partial charge in [0.2, 0.25) is 5.95 Å². The Morgan fingerprint density at radius 2 is 2.45 bits per heavy atom. The van der Waals surface area contributed by atoms with Crippen molar-refractivity contribution < 1.29 is 4.92 Å². The lowest BCUT2D eigenvalue weighted by Crippen LogP contribution is -2.31. The second kappa shape index (κ2) is 5.09. The molecule has 106 valence electrons. The topological polar surface area (TPSA) is 87.1 Å². The molecule has 1 aliphatic rings. The van der Waals surface area contributed by atoms with Crippen LogP contribution in [0.25, 0.3) is 11.0 Å². The number of aromatic amines is 1. The molecular weight excluding hydrogens is 258 g/mol. The number of nitro benzene ring substituents is 1. The smallest absolute Gasteiger partial charge is 0.271 e. The first-order valence-electron chi connectivity index (χ1n) is 6.72. The van der Waals surface area contributed by atoms with E-state index in [9.17, 15) is 10.1 Å². The average molecular weight is 275 g/mol. The number of nitrogens with zero attached hydrogens (tertiary/aromatic N) is 3. The van der Waals surface area contributed by atoms with E-state index < -0.39 is 4.92 Å². The van der Waals surface area contributed by atoms with Crippen LogP contribution in [0.3, 0.4) is 0 Å². The summed E-state index contributed by atoms with van der Waals surface area (Å²) < 4.78 is 0. The minimum Gasteiger partial charge on any atom is -0.354 e. The van der Waals surface area contributed by atoms with Crippen LogP contribution >= 0.6 is 0 Å². The van der Waals surface area contributed by atoms with Crippen molar-refractivity contribution in [3.05, 3.63) is 28.3 Å². The third-order valence-electron chi connectivity index (χ3n) is 3.85. The quantitative estimate of drug-likeness (QED) is 0.658. The Balaban J connectivity index is 1.74. The Kier molecular flexibility index (Phi) is 3.27. The third-order valence-corrected chi connectivity index (χ3v) is 3.85. The van der Waals surface area contributed by atoms with Crippen LogP contribution in [-0.2, 0) is 0 Å². The number of likely N-dealkylation sites (tertiary alicyclic amines) is 1. The number of rotatable bonds is 4. The van der Waals surface area contributed by atoms with Gasteiger partial charge in [-0.3, -0.25) is 10.1 Å². The number of H-pyrrole nitrogens is 1. The summed E-state index contributed by atoms with van der Waals surface area (Å²) in [6, 6.07) is 5.17. The summed E-state index contributed by atoms with van der Waals surface area (Å²) in [6.45, 7) is 1.97. The van der Waals surface area contributed by atoms with Crippen LogP contribution in [0.4, 0.5) is 11.6 Å². The molecule has 3 rings (SSSR count). The van der Waals surface area contributed by atoms with Gasteiger partial charge in [-0.05, 0) is 32.5 Å². The fourth-order valence-corrected chi connectivity index (χ4v) is 2.65. The van der Waals surface area contributed by atoms with E-state index in [-0.39, 0.29) is 5.69 Å². The van der Waals surface area contributed by atoms with Crippen molar-refractivity contribution in [2.75, 3.05) is 25.5 Å². The van der Waals surface area contributed by atoms with Crippen molar-refractivity contribution in [1.29, 1.82) is 0 Å². The Hall–Kier alpha value is -2.15. The highest BCUT2D eigenvalue weighted by molar-refractivity contribution is 5.79. The third kappa shape index (κ3) is 2.44. The number of hydrogen-bond acceptors (Lipinski definition) is 5. The van der Waals surface area contributed by atoms with Gasteiger partial charge in [-0.25, -0.2) is 4.98 Å². The molecule has 1 saturated heterocycles. The summed E-state index contributed by atoms with van der Waals surface area (Å²) in [4.78, 5) is 20.1. The van der Waals surface area contributed by atoms with Crippen LogP contribution in [0, 0.1) is 10.1 Å². The zero-order chi connectivity index (χ0) is 14.1. The first-order chi connectivity index (χ1) is 9.63. The Morgan fingerprint density at radius 3 is 3.15 bits per heavy atom. The maximum atomic E-state index is 10.7. The largest absolute Gasteiger partial charge is 0.354 e. The second-order valence-electron chi connectivity index (χ2n) is 5.20. The van der Waals surface area contributed by atoms with E-state index in [4.69, 9.17) is 0 Å². The fraction of sp³-hybridized carbons (Fsp3) is 0.462. The number of anilines is 1. The first-order valence-corrected chi connectivity index (χ1v) is 6.72. The Morgan fingerprint density at radius 1 is 1.60 bits per heavy atom. The van der Waals surface area contributed by atoms with E-state index in [1.165, 1.54) is 25.0 Å². The summed E-state index contributed by atoms with van der Waals surface area (Å²) in [6.07, 6.45) is 2.42. The average Bonchev–Trinajstić information content (AvgIpc) is 3.00. The summed E-state index contributed by atoms with van der Waals surface area (Å²) in [5, 5.41) is 14.0. The molecule has 0 radical (unpaired) electrons. The van der Waals surface area contributed by atoms with Crippen molar-refractivity contribution in [2.45, 2.75) is 18.9 Å². The Labute approximate surface area is 116 Å². The van der Waals surface area contributed by atoms with Gasteiger partial charge < -0.3 is 15.2 Å². The molecule has 2 N–H and O–H groups in total. The minimum atomic E-state index is -0.402. The molecule has 0 amide bonds. The zero-order valence-electron chi connectivity index (χ0n) is 11.3. The molecule has 7 heteroatoms. The molecule has 1 aromatic heterocycles. The molecule has 0 saturated carbocycles. The number of nitro groups is 1. The molecular formula is C13H17N5O2. The van der Waals surface area contributed by atoms with Crippen LogP contribution in [0.15, 0.2) is 18.2 Å². The Bertz CT molecular complexity index is 639. The number of nitrogens with one attached hydrogen (secondary N) is 2. The molecule has 2 heterocycles. The molecule has 1 atom stereocenters. The lowest BCUT2D eigenvalue weighted by Gasteiger charge is -2.19. The number of benzene rings is 1. The second-order valence-corrected chi connectivity index (χ2v) is 5.20. The number of imidazole rings is 1. The van der Waals surface area contributed by atoms with Gasteiger partial charge in [-0.1, -0.05) is 0 Å². The number of aromatic nitrogens is 2. The highest BCUT2D eigenvalue weighted by Gasteiger charge is 2.20. The maximum Gasteiger partial charge on any atom is 0.271 e. The standard InChI is InChI=1S/C13H17N5O2/c1-17-6-2-3-10(17)8-14-13-15-11-5-4-9(18(19)20)7-12(11)16-13/h4-5,7,10H,2-3,6,8H2,1H3,(H2,14,15,16). The predicted octanol–water partition coefficient (Wildman–Crippen LogP) is 1.98. The summed E-state index contributed by atoms with van der Waals surface area (Å²) in [5.41, 5.74) is 1.49. The normalized spacial score (nSPS) is 19.6. The van der Waals surface area contributed by atoms with Crippen molar-refractivity contribution in [2.24, 2.45) is 0 Å². The van der Waals surface area contributed by atoms with E-state index >= 15 is 0 Å². The SMILES string of the molecule is CN1CCCC1CNc1nc2ccc([N+](=O)[O-])cc2[nH]1. The molecule has 1 fully saturated rings. The molecule has 0 bridgehead atoms. The summed E-state index contributed by atoms with van der Waals surface area (Å²) in [7, 11) is 2.13. The molecule has 20 heavy (non-hydrogen) atoms. The van der Waals surface area contributed by atoms with Gasteiger partial charge in [0.25, 0.3) is 5.69 Å². The van der Waals surface area contributed by atoms with Gasteiger partial charge in [0.15, 0.2) is 0 Å². The van der Waals surface area contributed by atoms with E-state index in [1.807, 2.05) is 0 Å². The van der Waals surface area contributed by atoms with Crippen LogP contribution in [0.2, 0.25) is 0 Å². The van der Waals surface area contributed by atoms with E-state index in [1.54, 1.807) is 6.07 Å². The van der Waals surface area contributed by atoms with Crippen molar-refractivity contribution in [1.82, 2.24) is 14.9 Å². The lowest BCUT2D eigenvalue weighted by atomic mass is 10.2. The lowest BCUT2D eigenvalue weighted by molar-refractivity contribution is -0.384. The van der Waals surface area contributed by atoms with Gasteiger partial charge in [0.1, 0.15) is 0 Å². The van der Waals surface area contributed by atoms with Gasteiger partial charge >= 0.3 is 0 Å². The van der Waals surface area contributed by atoms with E-state index in [2.05, 4.69) is 27.2 Å². The van der Waals surface area contributed by atoms with Gasteiger partial charge in [-0.2, -0.15) is 0 Å². The van der Waals surface area contributed by atoms with E-state index in [0.717, 1.165) is 18.6 Å². The van der Waals surface area contributed by atoms with Crippen LogP contribution in [0.5, 0.6) is 0 Å². The highest BCUT2D eigenvalue weighted by atomic mass is 16.6. The van der Waals surface area contributed by atoms with Gasteiger partial charge in [-0.15, -0.1) is 0 Å². The number of hydrogen-bond donors (Lipinski definition) is 2. The molecule has 0 spiro atoms. The van der Waals surface area contributed by atoms with E-state index in [0.29, 0.717) is 17.5 Å². The predicted molar refractivity (Wildman–Crippen MR) is 76.9 cm³/mol. The number of non-ortho nitro benzene ring substituents is 1. The minimum absolute atomic E-state index is 0.0724. The fourth-order valence-electron chi connectivity index (χ4n) is 2.65. The van der Waals surface area contributed by atoms with Crippen LogP contribution in [-0.4, -0.2) is 46.0 Å². The molecule has 1 aromatic carbocycles. The molecule has 2 aromatic rings. The van der Waals surface area contributed by atoms with Gasteiger partial charge in [0, 0.05) is 24.7 Å². The summed E-state index contributed by atoms with van der Waals surface area (Å²) >= 11 is 0. The van der Waals surface area contributed by atoms with Gasteiger partial charge in [0.05, 0.1) is 16.0 Å². The molecule has 1 aliphatic heterocycles. The maximum absolute atomic E-state index is 10.7. The van der Waals surface area contributed by atoms with Crippen molar-refractivity contribution >= 4 is 22.7 Å². The van der Waals surface area contributed by atoms with Crippen LogP contribution < -0.4 is 5.32 Å². The molecule has 7 nitrogen and oxygen atoms in total.